The van der Waals surface area contributed by atoms with E-state index in [1.165, 1.54) is 166 Å². The molecular formula is C90H130N12O10. The molecule has 2 aromatic carbocycles. The summed E-state index contributed by atoms with van der Waals surface area (Å²) in [7, 11) is 0. The monoisotopic (exact) mass is 1540 g/mol. The number of rotatable bonds is 61. The van der Waals surface area contributed by atoms with Gasteiger partial charge in [-0.05, 0) is 136 Å². The van der Waals surface area contributed by atoms with Crippen molar-refractivity contribution in [1.29, 1.82) is 0 Å². The van der Waals surface area contributed by atoms with Crippen LogP contribution in [0, 0.1) is 0 Å². The van der Waals surface area contributed by atoms with Gasteiger partial charge < -0.3 is 52.0 Å². The highest BCUT2D eigenvalue weighted by Crippen LogP contribution is 2.26. The lowest BCUT2D eigenvalue weighted by Crippen LogP contribution is -2.18. The van der Waals surface area contributed by atoms with Crippen LogP contribution in [-0.4, -0.2) is 80.4 Å². The van der Waals surface area contributed by atoms with Crippen LogP contribution in [0.2, 0.25) is 0 Å². The summed E-state index contributed by atoms with van der Waals surface area (Å²) in [5, 5.41) is 22.7. The van der Waals surface area contributed by atoms with E-state index < -0.39 is 23.6 Å². The molecule has 610 valence electrons. The smallest absolute Gasteiger partial charge is 0.256 e. The van der Waals surface area contributed by atoms with Crippen LogP contribution in [-0.2, 0) is 19.2 Å². The lowest BCUT2D eigenvalue weighted by molar-refractivity contribution is -0.117. The molecule has 0 unspecified atom stereocenters. The Balaban J connectivity index is 1.08. The Bertz CT molecular complexity index is 3310. The Morgan fingerprint density at radius 3 is 0.616 bits per heavy atom. The summed E-state index contributed by atoms with van der Waals surface area (Å²) < 4.78 is 12.5. The zero-order chi connectivity index (χ0) is 79.9. The molecule has 0 bridgehead atoms. The predicted octanol–water partition coefficient (Wildman–Crippen LogP) is 22.7. The quantitative estimate of drug-likeness (QED) is 0.0165. The molecule has 0 radical (unpaired) electrons. The third kappa shape index (κ3) is 40.0. The highest BCUT2D eigenvalue weighted by Gasteiger charge is 2.20. The molecule has 6 aromatic rings. The van der Waals surface area contributed by atoms with Crippen molar-refractivity contribution >= 4 is 93.8 Å². The van der Waals surface area contributed by atoms with Crippen molar-refractivity contribution in [1.82, 2.24) is 19.9 Å². The second-order valence-electron chi connectivity index (χ2n) is 29.6. The minimum atomic E-state index is -0.578. The van der Waals surface area contributed by atoms with Gasteiger partial charge in [0.05, 0.1) is 13.2 Å². The fraction of sp³-hybridized carbons (Fsp3) is 0.556. The number of pyridine rings is 4. The molecule has 8 amide bonds. The van der Waals surface area contributed by atoms with Gasteiger partial charge in [-0.15, -0.1) is 0 Å². The number of benzene rings is 2. The Morgan fingerprint density at radius 1 is 0.232 bits per heavy atom. The number of hydrogen-bond donors (Lipinski definition) is 8. The van der Waals surface area contributed by atoms with E-state index in [4.69, 9.17) is 9.47 Å². The fourth-order valence-corrected chi connectivity index (χ4v) is 13.1. The van der Waals surface area contributed by atoms with Crippen molar-refractivity contribution in [3.8, 4) is 11.5 Å². The standard InChI is InChI=1S/C90H130N12O10/c1-5-9-13-17-21-25-29-33-39-57-83(103)95-75-49-45-53-79(91-75)99-87(107)69-63-70(88(108)100-80-54-46-50-76(92-80)96-84(104)58-40-34-30-26-22-18-14-10-6-2)66-73(65-69)111-61-43-37-38-44-62-112-74-67-71(89(109)101-81-55-47-51-77(93-81)97-85(105)59-41-35-31-27-23-19-15-11-7-3)64-72(68-74)90(110)102-82-56-48-52-78(94-82)98-86(106)60-42-36-32-28-24-20-16-12-8-4/h45-56,63-68H,5-44,57-62H2,1-4H3,(H2,91,95,99,103,107)(H2,92,96,100,104,108)(H2,93,97,101,105,109)(H2,94,98,102,106,110). The van der Waals surface area contributed by atoms with Gasteiger partial charge in [-0.1, -0.05) is 257 Å². The van der Waals surface area contributed by atoms with Gasteiger partial charge in [0, 0.05) is 47.9 Å². The normalized spacial score (nSPS) is 11.0. The zero-order valence-corrected chi connectivity index (χ0v) is 67.8. The summed E-state index contributed by atoms with van der Waals surface area (Å²) >= 11 is 0. The number of amides is 8. The third-order valence-corrected chi connectivity index (χ3v) is 19.5. The summed E-state index contributed by atoms with van der Waals surface area (Å²) in [4.78, 5) is 126. The number of carbonyl (C=O) groups excluding carboxylic acids is 8. The second-order valence-corrected chi connectivity index (χ2v) is 29.6. The number of ether oxygens (including phenoxy) is 2. The molecule has 0 aliphatic rings. The van der Waals surface area contributed by atoms with Crippen LogP contribution in [0.4, 0.5) is 46.5 Å². The van der Waals surface area contributed by atoms with E-state index in [2.05, 4.69) is 90.2 Å². The predicted molar refractivity (Wildman–Crippen MR) is 453 cm³/mol. The molecule has 112 heavy (non-hydrogen) atoms. The number of nitrogens with zero attached hydrogens (tertiary/aromatic N) is 4. The van der Waals surface area contributed by atoms with Crippen molar-refractivity contribution in [2.75, 3.05) is 55.7 Å². The first kappa shape index (κ1) is 91.3. The van der Waals surface area contributed by atoms with E-state index in [9.17, 15) is 38.4 Å². The highest BCUT2D eigenvalue weighted by atomic mass is 16.5. The van der Waals surface area contributed by atoms with Crippen LogP contribution in [0.25, 0.3) is 0 Å². The Labute approximate surface area is 667 Å². The van der Waals surface area contributed by atoms with E-state index >= 15 is 0 Å². The Morgan fingerprint density at radius 2 is 0.411 bits per heavy atom. The first-order chi connectivity index (χ1) is 54.7. The lowest BCUT2D eigenvalue weighted by Gasteiger charge is -2.13. The van der Waals surface area contributed by atoms with Gasteiger partial charge in [-0.2, -0.15) is 0 Å². The van der Waals surface area contributed by atoms with Gasteiger partial charge in [0.15, 0.2) is 0 Å². The van der Waals surface area contributed by atoms with E-state index in [0.717, 1.165) is 77.0 Å². The number of carbonyl (C=O) groups is 8. The maximum Gasteiger partial charge on any atom is 0.256 e. The van der Waals surface area contributed by atoms with E-state index in [0.29, 0.717) is 74.6 Å². The van der Waals surface area contributed by atoms with Crippen LogP contribution in [0.5, 0.6) is 11.5 Å². The molecule has 8 N–H and O–H groups in total. The average Bonchev–Trinajstić information content (AvgIpc) is 0.830. The van der Waals surface area contributed by atoms with Crippen molar-refractivity contribution in [2.45, 2.75) is 310 Å². The first-order valence-corrected chi connectivity index (χ1v) is 42.6. The fourth-order valence-electron chi connectivity index (χ4n) is 13.1. The molecule has 0 spiro atoms. The number of aromatic nitrogens is 4. The maximum absolute atomic E-state index is 14.1. The van der Waals surface area contributed by atoms with Crippen molar-refractivity contribution in [3.63, 3.8) is 0 Å². The van der Waals surface area contributed by atoms with Crippen LogP contribution >= 0.6 is 0 Å². The molecule has 0 saturated heterocycles. The van der Waals surface area contributed by atoms with Crippen molar-refractivity contribution in [3.05, 3.63) is 131 Å². The van der Waals surface area contributed by atoms with Gasteiger partial charge in [-0.3, -0.25) is 38.4 Å². The molecule has 4 aromatic heterocycles. The van der Waals surface area contributed by atoms with E-state index in [-0.39, 0.29) is 93.9 Å². The molecular weight excluding hydrogens is 1410 g/mol. The number of unbranched alkanes of at least 4 members (excludes halogenated alkanes) is 35. The number of nitrogens with one attached hydrogen (secondary N) is 8. The molecule has 0 aliphatic heterocycles. The molecule has 0 saturated carbocycles. The molecule has 22 heteroatoms. The molecule has 6 rings (SSSR count). The third-order valence-electron chi connectivity index (χ3n) is 19.5. The van der Waals surface area contributed by atoms with E-state index in [1.54, 1.807) is 97.1 Å². The van der Waals surface area contributed by atoms with Crippen molar-refractivity contribution < 1.29 is 47.8 Å². The SMILES string of the molecule is CCCCCCCCCCCC(=O)Nc1cccc(NC(=O)c2cc(OCCCCCCOc3cc(C(=O)Nc4cccc(NC(=O)CCCCCCCCCCC)n4)cc(C(=O)Nc4cccc(NC(=O)CCCCCCCCCCC)n4)c3)cc(C(=O)Nc3cccc(NC(=O)CCCCCCCCCCC)n3)c2)n1. The van der Waals surface area contributed by atoms with Gasteiger partial charge in [-0.25, -0.2) is 19.9 Å². The topological polar surface area (TPSA) is 303 Å². The number of hydrogen-bond acceptors (Lipinski definition) is 14. The number of anilines is 8. The summed E-state index contributed by atoms with van der Waals surface area (Å²) in [5.41, 5.74) is 0.410. The Hall–Kier alpha value is -9.60. The summed E-state index contributed by atoms with van der Waals surface area (Å²) in [6.45, 7) is 9.30. The van der Waals surface area contributed by atoms with Crippen LogP contribution < -0.4 is 52.0 Å². The minimum Gasteiger partial charge on any atom is -0.494 e. The summed E-state index contributed by atoms with van der Waals surface area (Å²) in [5.74, 6) is -0.534. The van der Waals surface area contributed by atoms with Crippen LogP contribution in [0.1, 0.15) is 352 Å². The summed E-state index contributed by atoms with van der Waals surface area (Å²) in [6, 6.07) is 28.9. The largest absolute Gasteiger partial charge is 0.494 e. The summed E-state index contributed by atoms with van der Waals surface area (Å²) in [6.07, 6.45) is 44.9. The van der Waals surface area contributed by atoms with Crippen molar-refractivity contribution in [2.24, 2.45) is 0 Å². The highest BCUT2D eigenvalue weighted by molar-refractivity contribution is 6.10. The second kappa shape index (κ2) is 56.6. The Kier molecular flexibility index (Phi) is 46.1. The lowest BCUT2D eigenvalue weighted by atomic mass is 10.1. The van der Waals surface area contributed by atoms with Gasteiger partial charge in [0.1, 0.15) is 58.0 Å². The minimum absolute atomic E-state index is 0.103. The molecule has 4 heterocycles. The first-order valence-electron chi connectivity index (χ1n) is 42.6. The van der Waals surface area contributed by atoms with Crippen LogP contribution in [0.15, 0.2) is 109 Å². The van der Waals surface area contributed by atoms with E-state index in [1.807, 2.05) is 0 Å². The maximum atomic E-state index is 14.1. The van der Waals surface area contributed by atoms with Gasteiger partial charge in [0.2, 0.25) is 23.6 Å². The zero-order valence-electron chi connectivity index (χ0n) is 67.8. The molecule has 0 fully saturated rings. The van der Waals surface area contributed by atoms with Gasteiger partial charge >= 0.3 is 0 Å². The molecule has 22 nitrogen and oxygen atoms in total. The van der Waals surface area contributed by atoms with Gasteiger partial charge in [0.25, 0.3) is 23.6 Å². The van der Waals surface area contributed by atoms with Crippen LogP contribution in [0.3, 0.4) is 0 Å². The average molecular weight is 1540 g/mol. The molecule has 0 aliphatic carbocycles. The molecule has 0 atom stereocenters.